The standard InChI is InChI=1S/C25H23ClFN5O4S/c1-14-20-10-15(12-22(23(20)31-25(28)30-14)36-18-6-8-35-9-7-18)16-11-21(24(26)29-13-16)32-37(33,34)19-4-2-17(27)3-5-19/h2-5,10-13,18,32H,6-9H2,1H3,(H2,28,30,31). The van der Waals surface area contributed by atoms with Crippen molar-refractivity contribution >= 4 is 44.2 Å². The molecule has 0 bridgehead atoms. The number of nitrogens with one attached hydrogen (secondary N) is 1. The third-order valence-corrected chi connectivity index (χ3v) is 7.66. The van der Waals surface area contributed by atoms with Crippen LogP contribution in [0.25, 0.3) is 22.0 Å². The summed E-state index contributed by atoms with van der Waals surface area (Å²) in [6.45, 7) is 3.04. The minimum Gasteiger partial charge on any atom is -0.488 e. The molecule has 9 nitrogen and oxygen atoms in total. The number of sulfonamides is 1. The molecule has 0 atom stereocenters. The van der Waals surface area contributed by atoms with Crippen LogP contribution in [0.1, 0.15) is 18.5 Å². The first kappa shape index (κ1) is 25.1. The van der Waals surface area contributed by atoms with Crippen LogP contribution in [-0.4, -0.2) is 42.7 Å². The van der Waals surface area contributed by atoms with E-state index in [0.29, 0.717) is 41.3 Å². The van der Waals surface area contributed by atoms with Gasteiger partial charge in [-0.25, -0.2) is 27.8 Å². The van der Waals surface area contributed by atoms with Gasteiger partial charge in [0.25, 0.3) is 10.0 Å². The lowest BCUT2D eigenvalue weighted by atomic mass is 10.0. The number of aryl methyl sites for hydroxylation is 1. The molecule has 0 saturated carbocycles. The third-order valence-electron chi connectivity index (χ3n) is 5.98. The Morgan fingerprint density at radius 1 is 1.11 bits per heavy atom. The Kier molecular flexibility index (Phi) is 6.84. The second-order valence-corrected chi connectivity index (χ2v) is 10.6. The summed E-state index contributed by atoms with van der Waals surface area (Å²) < 4.78 is 53.2. The van der Waals surface area contributed by atoms with Gasteiger partial charge < -0.3 is 15.2 Å². The highest BCUT2D eigenvalue weighted by Crippen LogP contribution is 2.36. The number of nitrogens with zero attached hydrogens (tertiary/aromatic N) is 3. The molecule has 1 aliphatic heterocycles. The van der Waals surface area contributed by atoms with Gasteiger partial charge in [-0.2, -0.15) is 0 Å². The molecule has 3 heterocycles. The van der Waals surface area contributed by atoms with Gasteiger partial charge in [-0.1, -0.05) is 11.6 Å². The van der Waals surface area contributed by atoms with Crippen molar-refractivity contribution in [2.24, 2.45) is 0 Å². The number of nitrogen functional groups attached to an aromatic ring is 1. The number of hydrogen-bond donors (Lipinski definition) is 2. The molecule has 37 heavy (non-hydrogen) atoms. The molecule has 12 heteroatoms. The second-order valence-electron chi connectivity index (χ2n) is 8.59. The topological polar surface area (TPSA) is 129 Å². The van der Waals surface area contributed by atoms with Crippen LogP contribution in [0.4, 0.5) is 16.0 Å². The summed E-state index contributed by atoms with van der Waals surface area (Å²) in [4.78, 5) is 12.8. The van der Waals surface area contributed by atoms with E-state index in [1.165, 1.54) is 18.3 Å². The number of benzene rings is 2. The van der Waals surface area contributed by atoms with Crippen LogP contribution in [0.3, 0.4) is 0 Å². The van der Waals surface area contributed by atoms with Gasteiger partial charge in [-0.05, 0) is 55.0 Å². The van der Waals surface area contributed by atoms with Crippen molar-refractivity contribution in [3.63, 3.8) is 0 Å². The van der Waals surface area contributed by atoms with E-state index in [0.717, 1.165) is 30.4 Å². The molecule has 2 aromatic carbocycles. The maximum Gasteiger partial charge on any atom is 0.261 e. The first-order valence-corrected chi connectivity index (χ1v) is 13.3. The molecule has 2 aromatic heterocycles. The number of anilines is 2. The monoisotopic (exact) mass is 543 g/mol. The highest BCUT2D eigenvalue weighted by molar-refractivity contribution is 7.92. The lowest BCUT2D eigenvalue weighted by molar-refractivity contribution is 0.0261. The molecule has 0 amide bonds. The van der Waals surface area contributed by atoms with Gasteiger partial charge in [-0.15, -0.1) is 0 Å². The summed E-state index contributed by atoms with van der Waals surface area (Å²) >= 11 is 6.23. The van der Waals surface area contributed by atoms with Crippen molar-refractivity contribution in [1.29, 1.82) is 0 Å². The van der Waals surface area contributed by atoms with E-state index in [9.17, 15) is 12.8 Å². The summed E-state index contributed by atoms with van der Waals surface area (Å²) in [7, 11) is -4.04. The van der Waals surface area contributed by atoms with Gasteiger partial charge in [0.05, 0.1) is 29.5 Å². The lowest BCUT2D eigenvalue weighted by Crippen LogP contribution is -2.26. The van der Waals surface area contributed by atoms with Gasteiger partial charge >= 0.3 is 0 Å². The lowest BCUT2D eigenvalue weighted by Gasteiger charge is -2.24. The van der Waals surface area contributed by atoms with Crippen molar-refractivity contribution in [2.45, 2.75) is 30.8 Å². The number of pyridine rings is 1. The summed E-state index contributed by atoms with van der Waals surface area (Å²) in [5.74, 6) is 0.122. The molecule has 0 aliphatic carbocycles. The normalized spacial score (nSPS) is 14.6. The average molecular weight is 544 g/mol. The van der Waals surface area contributed by atoms with Gasteiger partial charge in [0, 0.05) is 30.0 Å². The van der Waals surface area contributed by atoms with E-state index in [1.54, 1.807) is 6.07 Å². The first-order chi connectivity index (χ1) is 17.7. The molecule has 1 aliphatic rings. The first-order valence-electron chi connectivity index (χ1n) is 11.5. The highest BCUT2D eigenvalue weighted by atomic mass is 35.5. The van der Waals surface area contributed by atoms with E-state index in [2.05, 4.69) is 19.7 Å². The van der Waals surface area contributed by atoms with Crippen LogP contribution in [0.2, 0.25) is 5.15 Å². The van der Waals surface area contributed by atoms with Crippen LogP contribution in [0, 0.1) is 12.7 Å². The molecule has 0 unspecified atom stereocenters. The van der Waals surface area contributed by atoms with E-state index < -0.39 is 15.8 Å². The molecule has 0 spiro atoms. The van der Waals surface area contributed by atoms with Crippen molar-refractivity contribution in [1.82, 2.24) is 15.0 Å². The number of rotatable bonds is 6. The predicted molar refractivity (Wildman–Crippen MR) is 139 cm³/mol. The molecule has 4 aromatic rings. The van der Waals surface area contributed by atoms with Crippen LogP contribution >= 0.6 is 11.6 Å². The fourth-order valence-corrected chi connectivity index (χ4v) is 5.36. The van der Waals surface area contributed by atoms with Crippen molar-refractivity contribution in [3.05, 3.63) is 65.3 Å². The van der Waals surface area contributed by atoms with Crippen molar-refractivity contribution in [2.75, 3.05) is 23.7 Å². The minimum absolute atomic E-state index is 0.0406. The van der Waals surface area contributed by atoms with Crippen LogP contribution in [0.5, 0.6) is 5.75 Å². The Morgan fingerprint density at radius 3 is 2.57 bits per heavy atom. The van der Waals surface area contributed by atoms with Crippen LogP contribution < -0.4 is 15.2 Å². The third kappa shape index (κ3) is 5.43. The molecular formula is C25H23ClFN5O4S. The van der Waals surface area contributed by atoms with Crippen molar-refractivity contribution < 1.29 is 22.3 Å². The van der Waals surface area contributed by atoms with Gasteiger partial charge in [0.1, 0.15) is 23.2 Å². The Balaban J connectivity index is 1.56. The fraction of sp³-hybridized carbons (Fsp3) is 0.240. The Labute approximate surface area is 217 Å². The number of fused-ring (bicyclic) bond motifs is 1. The number of halogens is 2. The fourth-order valence-electron chi connectivity index (χ4n) is 4.10. The zero-order valence-corrected chi connectivity index (χ0v) is 21.3. The maximum absolute atomic E-state index is 13.3. The second kappa shape index (κ2) is 10.1. The van der Waals surface area contributed by atoms with Crippen LogP contribution in [-0.2, 0) is 14.8 Å². The predicted octanol–water partition coefficient (Wildman–Crippen LogP) is 4.73. The Morgan fingerprint density at radius 2 is 1.84 bits per heavy atom. The average Bonchev–Trinajstić information content (AvgIpc) is 2.86. The van der Waals surface area contributed by atoms with Crippen molar-refractivity contribution in [3.8, 4) is 16.9 Å². The van der Waals surface area contributed by atoms with Gasteiger partial charge in [0.15, 0.2) is 5.15 Å². The summed E-state index contributed by atoms with van der Waals surface area (Å²) in [6, 6.07) is 9.72. The summed E-state index contributed by atoms with van der Waals surface area (Å²) in [5, 5.41) is 0.693. The number of aromatic nitrogens is 3. The Hall–Kier alpha value is -3.54. The highest BCUT2D eigenvalue weighted by Gasteiger charge is 2.21. The zero-order chi connectivity index (χ0) is 26.2. The molecule has 5 rings (SSSR count). The molecule has 192 valence electrons. The quantitative estimate of drug-likeness (QED) is 0.334. The summed E-state index contributed by atoms with van der Waals surface area (Å²) in [5.41, 5.74) is 8.51. The zero-order valence-electron chi connectivity index (χ0n) is 19.7. The number of nitrogens with two attached hydrogens (primary N) is 1. The van der Waals surface area contributed by atoms with E-state index in [-0.39, 0.29) is 27.8 Å². The van der Waals surface area contributed by atoms with Gasteiger partial charge in [-0.3, -0.25) is 4.72 Å². The smallest absolute Gasteiger partial charge is 0.261 e. The van der Waals surface area contributed by atoms with E-state index in [4.69, 9.17) is 26.8 Å². The molecule has 1 fully saturated rings. The molecular weight excluding hydrogens is 521 g/mol. The number of hydrogen-bond acceptors (Lipinski definition) is 8. The maximum atomic E-state index is 13.3. The Bertz CT molecular complexity index is 1580. The molecule has 1 saturated heterocycles. The largest absolute Gasteiger partial charge is 0.488 e. The molecule has 0 radical (unpaired) electrons. The minimum atomic E-state index is -4.04. The van der Waals surface area contributed by atoms with Crippen LogP contribution in [0.15, 0.2) is 53.6 Å². The summed E-state index contributed by atoms with van der Waals surface area (Å²) in [6.07, 6.45) is 2.96. The van der Waals surface area contributed by atoms with E-state index >= 15 is 0 Å². The van der Waals surface area contributed by atoms with Gasteiger partial charge in [0.2, 0.25) is 5.95 Å². The van der Waals surface area contributed by atoms with E-state index in [1.807, 2.05) is 19.1 Å². The number of ether oxygens (including phenoxy) is 2. The SMILES string of the molecule is Cc1nc(N)nc2c(OC3CCOCC3)cc(-c3cnc(Cl)c(NS(=O)(=O)c4ccc(F)cc4)c3)cc12. The molecule has 3 N–H and O–H groups in total.